The van der Waals surface area contributed by atoms with Crippen molar-refractivity contribution in [1.82, 2.24) is 10.2 Å². The summed E-state index contributed by atoms with van der Waals surface area (Å²) in [4.78, 5) is 26.0. The van der Waals surface area contributed by atoms with E-state index in [9.17, 15) is 9.59 Å². The third kappa shape index (κ3) is 3.76. The van der Waals surface area contributed by atoms with Crippen molar-refractivity contribution in [2.75, 3.05) is 32.6 Å². The second-order valence-corrected chi connectivity index (χ2v) is 5.49. The van der Waals surface area contributed by atoms with E-state index in [1.54, 1.807) is 14.2 Å². The third-order valence-corrected chi connectivity index (χ3v) is 3.89. The Labute approximate surface area is 130 Å². The van der Waals surface area contributed by atoms with Crippen LogP contribution in [-0.2, 0) is 9.59 Å². The predicted octanol–water partition coefficient (Wildman–Crippen LogP) is 1.15. The van der Waals surface area contributed by atoms with E-state index in [0.29, 0.717) is 11.4 Å². The van der Waals surface area contributed by atoms with E-state index >= 15 is 0 Å². The molecule has 2 rings (SSSR count). The van der Waals surface area contributed by atoms with E-state index in [-0.39, 0.29) is 24.4 Å². The molecular formula is C16H23N3O3. The zero-order valence-electron chi connectivity index (χ0n) is 13.3. The molecule has 0 radical (unpaired) electrons. The summed E-state index contributed by atoms with van der Waals surface area (Å²) < 4.78 is 5.26. The normalized spacial score (nSPS) is 18.0. The Balaban J connectivity index is 2.01. The molecule has 0 aliphatic carbocycles. The van der Waals surface area contributed by atoms with Gasteiger partial charge in [-0.15, -0.1) is 0 Å². The summed E-state index contributed by atoms with van der Waals surface area (Å²) in [6.45, 7) is 2.92. The first kappa shape index (κ1) is 16.3. The summed E-state index contributed by atoms with van der Waals surface area (Å²) in [6.07, 6.45) is 1.72. The van der Waals surface area contributed by atoms with Gasteiger partial charge in [0.2, 0.25) is 11.8 Å². The fraction of sp³-hybridized carbons (Fsp3) is 0.500. The maximum atomic E-state index is 12.3. The van der Waals surface area contributed by atoms with Crippen LogP contribution in [0.3, 0.4) is 0 Å². The summed E-state index contributed by atoms with van der Waals surface area (Å²) in [7, 11) is 3.19. The average Bonchev–Trinajstić information content (AvgIpc) is 2.94. The van der Waals surface area contributed by atoms with E-state index in [2.05, 4.69) is 10.6 Å². The quantitative estimate of drug-likeness (QED) is 0.856. The molecule has 1 saturated heterocycles. The molecule has 0 bridgehead atoms. The van der Waals surface area contributed by atoms with Crippen LogP contribution < -0.4 is 15.4 Å². The number of likely N-dealkylation sites (tertiary alicyclic amines) is 1. The number of aryl methyl sites for hydroxylation is 1. The number of hydrogen-bond donors (Lipinski definition) is 2. The summed E-state index contributed by atoms with van der Waals surface area (Å²) in [6, 6.07) is 5.41. The molecule has 1 atom stereocenters. The third-order valence-electron chi connectivity index (χ3n) is 3.89. The van der Waals surface area contributed by atoms with Crippen LogP contribution in [0.5, 0.6) is 5.75 Å². The number of rotatable bonds is 5. The molecule has 120 valence electrons. The molecule has 2 amide bonds. The summed E-state index contributed by atoms with van der Waals surface area (Å²) in [5.74, 6) is 0.460. The smallest absolute Gasteiger partial charge is 0.238 e. The lowest BCUT2D eigenvalue weighted by molar-refractivity contribution is -0.126. The molecule has 1 aliphatic heterocycles. The van der Waals surface area contributed by atoms with Gasteiger partial charge in [0.1, 0.15) is 5.75 Å². The highest BCUT2D eigenvalue weighted by molar-refractivity contribution is 5.94. The van der Waals surface area contributed by atoms with Crippen LogP contribution in [0.2, 0.25) is 0 Å². The van der Waals surface area contributed by atoms with E-state index in [1.165, 1.54) is 0 Å². The lowest BCUT2D eigenvalue weighted by atomic mass is 10.2. The molecule has 1 fully saturated rings. The van der Waals surface area contributed by atoms with Gasteiger partial charge in [0, 0.05) is 7.05 Å². The molecule has 2 N–H and O–H groups in total. The number of amides is 2. The van der Waals surface area contributed by atoms with Crippen molar-refractivity contribution in [2.45, 2.75) is 25.8 Å². The van der Waals surface area contributed by atoms with Crippen LogP contribution >= 0.6 is 0 Å². The Kier molecular flexibility index (Phi) is 5.38. The fourth-order valence-corrected chi connectivity index (χ4v) is 2.77. The SMILES string of the molecule is CNC(=O)[C@@H]1CCCN1CC(=O)Nc1cc(C)ccc1OC. The summed E-state index contributed by atoms with van der Waals surface area (Å²) >= 11 is 0. The van der Waals surface area contributed by atoms with Crippen molar-refractivity contribution < 1.29 is 14.3 Å². The van der Waals surface area contributed by atoms with Crippen molar-refractivity contribution in [1.29, 1.82) is 0 Å². The van der Waals surface area contributed by atoms with E-state index in [0.717, 1.165) is 24.9 Å². The van der Waals surface area contributed by atoms with Gasteiger partial charge in [-0.3, -0.25) is 14.5 Å². The largest absolute Gasteiger partial charge is 0.495 e. The van der Waals surface area contributed by atoms with Gasteiger partial charge in [0.05, 0.1) is 25.4 Å². The Morgan fingerprint density at radius 3 is 2.86 bits per heavy atom. The number of nitrogens with one attached hydrogen (secondary N) is 2. The molecule has 1 aliphatic rings. The number of hydrogen-bond acceptors (Lipinski definition) is 4. The number of likely N-dealkylation sites (N-methyl/N-ethyl adjacent to an activating group) is 1. The molecule has 22 heavy (non-hydrogen) atoms. The molecular weight excluding hydrogens is 282 g/mol. The molecule has 0 saturated carbocycles. The van der Waals surface area contributed by atoms with E-state index in [4.69, 9.17) is 4.74 Å². The van der Waals surface area contributed by atoms with Crippen LogP contribution in [0.15, 0.2) is 18.2 Å². The summed E-state index contributed by atoms with van der Waals surface area (Å²) in [5.41, 5.74) is 1.70. The monoisotopic (exact) mass is 305 g/mol. The zero-order valence-corrected chi connectivity index (χ0v) is 13.3. The minimum atomic E-state index is -0.213. The van der Waals surface area contributed by atoms with Gasteiger partial charge >= 0.3 is 0 Å². The Morgan fingerprint density at radius 1 is 1.41 bits per heavy atom. The van der Waals surface area contributed by atoms with E-state index < -0.39 is 0 Å². The number of anilines is 1. The van der Waals surface area contributed by atoms with Crippen molar-refractivity contribution >= 4 is 17.5 Å². The molecule has 0 unspecified atom stereocenters. The number of nitrogens with zero attached hydrogens (tertiary/aromatic N) is 1. The first-order valence-electron chi connectivity index (χ1n) is 7.45. The van der Waals surface area contributed by atoms with E-state index in [1.807, 2.05) is 30.0 Å². The molecule has 1 aromatic rings. The van der Waals surface area contributed by atoms with Gasteiger partial charge < -0.3 is 15.4 Å². The average molecular weight is 305 g/mol. The Morgan fingerprint density at radius 2 is 2.18 bits per heavy atom. The highest BCUT2D eigenvalue weighted by Crippen LogP contribution is 2.25. The zero-order chi connectivity index (χ0) is 16.1. The van der Waals surface area contributed by atoms with Crippen molar-refractivity contribution in [2.24, 2.45) is 0 Å². The van der Waals surface area contributed by atoms with Crippen molar-refractivity contribution in [3.05, 3.63) is 23.8 Å². The van der Waals surface area contributed by atoms with Gasteiger partial charge in [-0.1, -0.05) is 6.07 Å². The Bertz CT molecular complexity index is 560. The maximum Gasteiger partial charge on any atom is 0.238 e. The van der Waals surface area contributed by atoms with Crippen LogP contribution in [0.1, 0.15) is 18.4 Å². The van der Waals surface area contributed by atoms with Crippen LogP contribution in [-0.4, -0.2) is 50.0 Å². The molecule has 0 spiro atoms. The molecule has 6 heteroatoms. The van der Waals surface area contributed by atoms with Gasteiger partial charge in [0.25, 0.3) is 0 Å². The number of carbonyl (C=O) groups excluding carboxylic acids is 2. The molecule has 0 aromatic heterocycles. The molecule has 6 nitrogen and oxygen atoms in total. The van der Waals surface area contributed by atoms with Gasteiger partial charge in [-0.25, -0.2) is 0 Å². The Hall–Kier alpha value is -2.08. The van der Waals surface area contributed by atoms with Crippen LogP contribution in [0.4, 0.5) is 5.69 Å². The lowest BCUT2D eigenvalue weighted by Crippen LogP contribution is -2.45. The minimum Gasteiger partial charge on any atom is -0.495 e. The van der Waals surface area contributed by atoms with Crippen LogP contribution in [0.25, 0.3) is 0 Å². The van der Waals surface area contributed by atoms with Gasteiger partial charge in [-0.2, -0.15) is 0 Å². The standard InChI is InChI=1S/C16H23N3O3/c1-11-6-7-14(22-3)12(9-11)18-15(20)10-19-8-4-5-13(19)16(21)17-2/h6-7,9,13H,4-5,8,10H2,1-3H3,(H,17,21)(H,18,20)/t13-/m0/s1. The van der Waals surface area contributed by atoms with Crippen LogP contribution in [0, 0.1) is 6.92 Å². The molecule has 1 heterocycles. The van der Waals surface area contributed by atoms with Gasteiger partial charge in [0.15, 0.2) is 0 Å². The number of methoxy groups -OCH3 is 1. The highest BCUT2D eigenvalue weighted by Gasteiger charge is 2.31. The first-order valence-corrected chi connectivity index (χ1v) is 7.45. The van der Waals surface area contributed by atoms with Crippen molar-refractivity contribution in [3.8, 4) is 5.75 Å². The predicted molar refractivity (Wildman–Crippen MR) is 85.0 cm³/mol. The topological polar surface area (TPSA) is 70.7 Å². The maximum absolute atomic E-state index is 12.3. The fourth-order valence-electron chi connectivity index (χ4n) is 2.77. The second-order valence-electron chi connectivity index (χ2n) is 5.49. The number of ether oxygens (including phenoxy) is 1. The first-order chi connectivity index (χ1) is 10.5. The minimum absolute atomic E-state index is 0.0292. The van der Waals surface area contributed by atoms with Gasteiger partial charge in [-0.05, 0) is 44.0 Å². The lowest BCUT2D eigenvalue weighted by Gasteiger charge is -2.22. The molecule has 1 aromatic carbocycles. The highest BCUT2D eigenvalue weighted by atomic mass is 16.5. The van der Waals surface area contributed by atoms with Crippen molar-refractivity contribution in [3.63, 3.8) is 0 Å². The second kappa shape index (κ2) is 7.26. The summed E-state index contributed by atoms with van der Waals surface area (Å²) in [5, 5.41) is 5.52. The number of benzene rings is 1. The number of carbonyl (C=O) groups is 2.